The number of amides is 2. The van der Waals surface area contributed by atoms with Crippen LogP contribution in [0, 0.1) is 35.5 Å². The van der Waals surface area contributed by atoms with Crippen LogP contribution in [0.25, 0.3) is 11.3 Å². The first-order valence-electron chi connectivity index (χ1n) is 9.68. The minimum absolute atomic E-state index is 0.187. The number of hydrogen-bond donors (Lipinski definition) is 0. The molecule has 1 aliphatic heterocycles. The van der Waals surface area contributed by atoms with Crippen LogP contribution in [-0.4, -0.2) is 23.0 Å². The maximum Gasteiger partial charge on any atom is 0.254 e. The Morgan fingerprint density at radius 1 is 1.00 bits per heavy atom. The van der Waals surface area contributed by atoms with Gasteiger partial charge >= 0.3 is 0 Å². The molecule has 2 saturated carbocycles. The van der Waals surface area contributed by atoms with Gasteiger partial charge in [0.15, 0.2) is 0 Å². The Labute approximate surface area is 177 Å². The van der Waals surface area contributed by atoms with Crippen molar-refractivity contribution in [2.24, 2.45) is 40.6 Å². The number of imide groups is 1. The van der Waals surface area contributed by atoms with E-state index in [0.29, 0.717) is 39.0 Å². The van der Waals surface area contributed by atoms with E-state index in [9.17, 15) is 9.59 Å². The van der Waals surface area contributed by atoms with E-state index in [1.165, 1.54) is 6.21 Å². The standard InChI is InChI=1S/C22H16Cl2N2O3/c23-10-1-3-14(17(24)7-10)18-6-2-11(29-18)9-25-26-21(27)19-12-4-5-13(16-8-15(12)16)20(19)22(26)28/h1-7,9,12-13,15-16,19-20H,8H2/b25-9-/t12-,13-,15-,16-,19-,20+/m1/s1. The third kappa shape index (κ3) is 2.50. The summed E-state index contributed by atoms with van der Waals surface area (Å²) < 4.78 is 5.78. The fraction of sp³-hybridized carbons (Fsp3) is 0.318. The van der Waals surface area contributed by atoms with E-state index in [0.717, 1.165) is 11.4 Å². The number of benzene rings is 1. The van der Waals surface area contributed by atoms with Gasteiger partial charge in [0.25, 0.3) is 11.8 Å². The molecular weight excluding hydrogens is 411 g/mol. The zero-order valence-corrected chi connectivity index (χ0v) is 16.7. The molecular formula is C22H16Cl2N2O3. The van der Waals surface area contributed by atoms with Crippen molar-refractivity contribution in [3.63, 3.8) is 0 Å². The molecule has 7 rings (SSSR count). The van der Waals surface area contributed by atoms with Gasteiger partial charge in [-0.1, -0.05) is 35.4 Å². The molecule has 0 radical (unpaired) electrons. The Balaban J connectivity index is 1.25. The van der Waals surface area contributed by atoms with Crippen molar-refractivity contribution in [1.82, 2.24) is 5.01 Å². The van der Waals surface area contributed by atoms with Crippen LogP contribution in [0.2, 0.25) is 10.0 Å². The number of furan rings is 1. The first kappa shape index (κ1) is 17.5. The van der Waals surface area contributed by atoms with Gasteiger partial charge in [0.05, 0.1) is 23.1 Å². The Morgan fingerprint density at radius 3 is 2.34 bits per heavy atom. The van der Waals surface area contributed by atoms with E-state index in [-0.39, 0.29) is 35.5 Å². The molecule has 1 aromatic carbocycles. The quantitative estimate of drug-likeness (QED) is 0.407. The molecule has 7 heteroatoms. The molecule has 5 aliphatic rings. The third-order valence-electron chi connectivity index (χ3n) is 6.76. The molecule has 5 nitrogen and oxygen atoms in total. The number of allylic oxidation sites excluding steroid dienone is 2. The van der Waals surface area contributed by atoms with Gasteiger partial charge < -0.3 is 4.42 Å². The van der Waals surface area contributed by atoms with Gasteiger partial charge in [-0.05, 0) is 60.4 Å². The first-order chi connectivity index (χ1) is 14.0. The molecule has 6 atom stereocenters. The predicted molar refractivity (Wildman–Crippen MR) is 108 cm³/mol. The lowest BCUT2D eigenvalue weighted by atomic mass is 9.63. The second-order valence-corrected chi connectivity index (χ2v) is 9.06. The zero-order chi connectivity index (χ0) is 19.9. The lowest BCUT2D eigenvalue weighted by Crippen LogP contribution is -2.40. The molecule has 0 N–H and O–H groups in total. The van der Waals surface area contributed by atoms with Crippen LogP contribution in [0.1, 0.15) is 12.2 Å². The molecule has 3 fully saturated rings. The number of carbonyl (C=O) groups excluding carboxylic acids is 2. The number of carbonyl (C=O) groups is 2. The molecule has 1 aromatic heterocycles. The molecule has 2 aromatic rings. The van der Waals surface area contributed by atoms with Crippen LogP contribution in [0.4, 0.5) is 0 Å². The van der Waals surface area contributed by atoms with Crippen LogP contribution >= 0.6 is 23.2 Å². The van der Waals surface area contributed by atoms with Gasteiger partial charge in [-0.15, -0.1) is 0 Å². The van der Waals surface area contributed by atoms with Gasteiger partial charge in [-0.2, -0.15) is 10.1 Å². The minimum atomic E-state index is -0.251. The van der Waals surface area contributed by atoms with Crippen molar-refractivity contribution < 1.29 is 14.0 Å². The average molecular weight is 427 g/mol. The summed E-state index contributed by atoms with van der Waals surface area (Å²) in [5.74, 6) is 1.64. The molecule has 0 spiro atoms. The fourth-order valence-corrected chi connectivity index (χ4v) is 5.93. The highest BCUT2D eigenvalue weighted by atomic mass is 35.5. The van der Waals surface area contributed by atoms with Crippen LogP contribution in [-0.2, 0) is 9.59 Å². The summed E-state index contributed by atoms with van der Waals surface area (Å²) in [7, 11) is 0. The first-order valence-corrected chi connectivity index (χ1v) is 10.4. The Bertz CT molecular complexity index is 1090. The largest absolute Gasteiger partial charge is 0.455 e. The molecule has 2 bridgehead atoms. The molecule has 1 saturated heterocycles. The summed E-state index contributed by atoms with van der Waals surface area (Å²) in [4.78, 5) is 25.9. The second kappa shape index (κ2) is 6.07. The van der Waals surface area contributed by atoms with E-state index in [1.54, 1.807) is 30.3 Å². The van der Waals surface area contributed by atoms with Gasteiger partial charge in [0, 0.05) is 10.6 Å². The fourth-order valence-electron chi connectivity index (χ4n) is 5.43. The number of rotatable bonds is 3. The van der Waals surface area contributed by atoms with E-state index in [1.807, 2.05) is 0 Å². The van der Waals surface area contributed by atoms with Gasteiger partial charge in [-0.25, -0.2) is 0 Å². The van der Waals surface area contributed by atoms with Gasteiger partial charge in [0.2, 0.25) is 0 Å². The molecule has 2 amide bonds. The maximum atomic E-state index is 12.9. The molecule has 4 aliphatic carbocycles. The monoisotopic (exact) mass is 426 g/mol. The van der Waals surface area contributed by atoms with Gasteiger partial charge in [0.1, 0.15) is 11.5 Å². The Kier molecular flexibility index (Phi) is 3.66. The number of hydrogen-bond acceptors (Lipinski definition) is 4. The van der Waals surface area contributed by atoms with Crippen molar-refractivity contribution in [2.45, 2.75) is 6.42 Å². The van der Waals surface area contributed by atoms with Crippen molar-refractivity contribution in [1.29, 1.82) is 0 Å². The van der Waals surface area contributed by atoms with Crippen LogP contribution in [0.15, 0.2) is 52.0 Å². The third-order valence-corrected chi connectivity index (χ3v) is 7.31. The SMILES string of the molecule is O=C1[C@@H]2[C@@H]3C=C[C@H]([C@H]4C[C@H]34)[C@@H]2C(=O)N1/N=C\c1ccc(-c2ccc(Cl)cc2Cl)o1. The Morgan fingerprint density at radius 2 is 1.69 bits per heavy atom. The van der Waals surface area contributed by atoms with E-state index < -0.39 is 0 Å². The van der Waals surface area contributed by atoms with Crippen molar-refractivity contribution >= 4 is 41.2 Å². The lowest BCUT2D eigenvalue weighted by Gasteiger charge is -2.37. The van der Waals surface area contributed by atoms with Crippen molar-refractivity contribution in [2.75, 3.05) is 0 Å². The van der Waals surface area contributed by atoms with Crippen molar-refractivity contribution in [3.8, 4) is 11.3 Å². The molecule has 0 unspecified atom stereocenters. The summed E-state index contributed by atoms with van der Waals surface area (Å²) in [6.45, 7) is 0. The molecule has 29 heavy (non-hydrogen) atoms. The Hall–Kier alpha value is -2.37. The summed E-state index contributed by atoms with van der Waals surface area (Å²) in [6.07, 6.45) is 6.85. The summed E-state index contributed by atoms with van der Waals surface area (Å²) in [5.41, 5.74) is 0.705. The predicted octanol–water partition coefficient (Wildman–Crippen LogP) is 4.64. The number of nitrogens with zero attached hydrogens (tertiary/aromatic N) is 2. The number of halogens is 2. The minimum Gasteiger partial charge on any atom is -0.455 e. The molecule has 146 valence electrons. The maximum absolute atomic E-state index is 12.9. The lowest BCUT2D eigenvalue weighted by molar-refractivity contribution is -0.140. The van der Waals surface area contributed by atoms with E-state index in [2.05, 4.69) is 17.3 Å². The van der Waals surface area contributed by atoms with Crippen molar-refractivity contribution in [3.05, 3.63) is 58.3 Å². The van der Waals surface area contributed by atoms with Crippen LogP contribution < -0.4 is 0 Å². The van der Waals surface area contributed by atoms with E-state index >= 15 is 0 Å². The molecule has 2 heterocycles. The summed E-state index contributed by atoms with van der Waals surface area (Å²) >= 11 is 12.2. The normalized spacial score (nSPS) is 34.2. The van der Waals surface area contributed by atoms with E-state index in [4.69, 9.17) is 27.6 Å². The second-order valence-electron chi connectivity index (χ2n) is 8.21. The summed E-state index contributed by atoms with van der Waals surface area (Å²) in [5, 5.41) is 6.26. The van der Waals surface area contributed by atoms with Crippen LogP contribution in [0.3, 0.4) is 0 Å². The highest BCUT2D eigenvalue weighted by Crippen LogP contribution is 2.65. The smallest absolute Gasteiger partial charge is 0.254 e. The zero-order valence-electron chi connectivity index (χ0n) is 15.2. The highest BCUT2D eigenvalue weighted by molar-refractivity contribution is 6.36. The number of hydrazone groups is 1. The van der Waals surface area contributed by atoms with Crippen LogP contribution in [0.5, 0.6) is 0 Å². The van der Waals surface area contributed by atoms with Gasteiger partial charge in [-0.3, -0.25) is 9.59 Å². The average Bonchev–Trinajstić information content (AvgIpc) is 3.34. The highest BCUT2D eigenvalue weighted by Gasteiger charge is 2.67. The summed E-state index contributed by atoms with van der Waals surface area (Å²) in [6, 6.07) is 8.64. The topological polar surface area (TPSA) is 62.9 Å².